The standard InChI is InChI=1S/C16H20N4O3/c1-19(8-14(21)17-11-6-7-11)10-16(23)20-9-15(22)18-12-4-2-3-5-13(12)20/h2-5,11H,6-10H2,1H3,(H,17,21)(H,18,22)/p+1. The molecule has 7 heteroatoms. The van der Waals surface area contributed by atoms with E-state index in [1.54, 1.807) is 13.1 Å². The highest BCUT2D eigenvalue weighted by Crippen LogP contribution is 2.28. The molecule has 1 atom stereocenters. The number of carbonyl (C=O) groups is 3. The highest BCUT2D eigenvalue weighted by Gasteiger charge is 2.29. The molecule has 1 aliphatic heterocycles. The van der Waals surface area contributed by atoms with Gasteiger partial charge in [0.25, 0.3) is 11.8 Å². The van der Waals surface area contributed by atoms with Gasteiger partial charge in [-0.15, -0.1) is 0 Å². The van der Waals surface area contributed by atoms with Crippen molar-refractivity contribution in [2.45, 2.75) is 18.9 Å². The van der Waals surface area contributed by atoms with E-state index in [0.29, 0.717) is 17.4 Å². The Bertz CT molecular complexity index is 642. The van der Waals surface area contributed by atoms with Gasteiger partial charge in [-0.3, -0.25) is 19.3 Å². The van der Waals surface area contributed by atoms with Gasteiger partial charge in [-0.25, -0.2) is 0 Å². The second-order valence-electron chi connectivity index (χ2n) is 6.20. The molecule has 1 aromatic carbocycles. The quantitative estimate of drug-likeness (QED) is 0.636. The van der Waals surface area contributed by atoms with Crippen molar-refractivity contribution in [3.8, 4) is 0 Å². The Morgan fingerprint density at radius 2 is 2.04 bits per heavy atom. The highest BCUT2D eigenvalue weighted by molar-refractivity contribution is 6.10. The van der Waals surface area contributed by atoms with E-state index >= 15 is 0 Å². The Morgan fingerprint density at radius 1 is 1.30 bits per heavy atom. The van der Waals surface area contributed by atoms with Crippen molar-refractivity contribution in [1.82, 2.24) is 5.32 Å². The van der Waals surface area contributed by atoms with Crippen LogP contribution in [0.3, 0.4) is 0 Å². The van der Waals surface area contributed by atoms with Crippen LogP contribution in [0.15, 0.2) is 24.3 Å². The minimum atomic E-state index is -0.207. The number of quaternary nitrogens is 1. The van der Waals surface area contributed by atoms with Crippen LogP contribution in [0.5, 0.6) is 0 Å². The zero-order valence-electron chi connectivity index (χ0n) is 13.1. The lowest BCUT2D eigenvalue weighted by Crippen LogP contribution is -3.11. The number of nitrogens with zero attached hydrogens (tertiary/aromatic N) is 1. The maximum Gasteiger partial charge on any atom is 0.282 e. The van der Waals surface area contributed by atoms with Crippen LogP contribution in [0.25, 0.3) is 0 Å². The number of fused-ring (bicyclic) bond motifs is 1. The summed E-state index contributed by atoms with van der Waals surface area (Å²) in [5.41, 5.74) is 1.34. The van der Waals surface area contributed by atoms with Gasteiger partial charge in [0.15, 0.2) is 13.1 Å². The van der Waals surface area contributed by atoms with Crippen LogP contribution >= 0.6 is 0 Å². The van der Waals surface area contributed by atoms with Crippen LogP contribution in [0.2, 0.25) is 0 Å². The van der Waals surface area contributed by atoms with Crippen molar-refractivity contribution in [3.63, 3.8) is 0 Å². The summed E-state index contributed by atoms with van der Waals surface area (Å²) in [5.74, 6) is -0.403. The lowest BCUT2D eigenvalue weighted by atomic mass is 10.2. The molecule has 1 fully saturated rings. The minimum Gasteiger partial charge on any atom is -0.348 e. The summed E-state index contributed by atoms with van der Waals surface area (Å²) >= 11 is 0. The molecule has 0 bridgehead atoms. The van der Waals surface area contributed by atoms with Crippen molar-refractivity contribution in [2.24, 2.45) is 0 Å². The van der Waals surface area contributed by atoms with Crippen molar-refractivity contribution < 1.29 is 19.3 Å². The van der Waals surface area contributed by atoms with Crippen LogP contribution < -0.4 is 20.4 Å². The Labute approximate surface area is 134 Å². The fourth-order valence-corrected chi connectivity index (χ4v) is 2.65. The van der Waals surface area contributed by atoms with Gasteiger partial charge in [0, 0.05) is 6.04 Å². The van der Waals surface area contributed by atoms with Crippen molar-refractivity contribution in [2.75, 3.05) is 36.9 Å². The van der Waals surface area contributed by atoms with Crippen molar-refractivity contribution in [3.05, 3.63) is 24.3 Å². The number of benzene rings is 1. The smallest absolute Gasteiger partial charge is 0.282 e. The zero-order chi connectivity index (χ0) is 16.4. The lowest BCUT2D eigenvalue weighted by Gasteiger charge is -2.29. The van der Waals surface area contributed by atoms with E-state index in [0.717, 1.165) is 17.7 Å². The first-order chi connectivity index (χ1) is 11.0. The summed E-state index contributed by atoms with van der Waals surface area (Å²) in [6.45, 7) is 0.432. The molecule has 7 nitrogen and oxygen atoms in total. The molecule has 2 aliphatic rings. The minimum absolute atomic E-state index is 0.0113. The van der Waals surface area contributed by atoms with E-state index < -0.39 is 0 Å². The highest BCUT2D eigenvalue weighted by atomic mass is 16.2. The molecule has 0 spiro atoms. The fraction of sp³-hybridized carbons (Fsp3) is 0.438. The Kier molecular flexibility index (Phi) is 4.29. The van der Waals surface area contributed by atoms with E-state index in [2.05, 4.69) is 10.6 Å². The fourth-order valence-electron chi connectivity index (χ4n) is 2.65. The third-order valence-electron chi connectivity index (χ3n) is 3.93. The largest absolute Gasteiger partial charge is 0.348 e. The average molecular weight is 317 g/mol. The van der Waals surface area contributed by atoms with Gasteiger partial charge in [0.2, 0.25) is 5.91 Å². The van der Waals surface area contributed by atoms with Crippen LogP contribution in [0.4, 0.5) is 11.4 Å². The third kappa shape index (κ3) is 3.87. The molecule has 122 valence electrons. The number of likely N-dealkylation sites (N-methyl/N-ethyl adjacent to an activating group) is 1. The van der Waals surface area contributed by atoms with Crippen LogP contribution in [-0.2, 0) is 14.4 Å². The normalized spacial score (nSPS) is 18.0. The number of nitrogens with one attached hydrogen (secondary N) is 3. The summed E-state index contributed by atoms with van der Waals surface area (Å²) < 4.78 is 0. The van der Waals surface area contributed by atoms with Crippen LogP contribution in [0, 0.1) is 0 Å². The average Bonchev–Trinajstić information content (AvgIpc) is 3.29. The van der Waals surface area contributed by atoms with Gasteiger partial charge >= 0.3 is 0 Å². The Balaban J connectivity index is 1.61. The second-order valence-corrected chi connectivity index (χ2v) is 6.20. The van der Waals surface area contributed by atoms with Crippen molar-refractivity contribution in [1.29, 1.82) is 0 Å². The Hall–Kier alpha value is -2.41. The molecule has 3 rings (SSSR count). The van der Waals surface area contributed by atoms with Gasteiger partial charge in [-0.2, -0.15) is 0 Å². The van der Waals surface area contributed by atoms with Gasteiger partial charge < -0.3 is 15.5 Å². The van der Waals surface area contributed by atoms with Gasteiger partial charge in [0.1, 0.15) is 6.54 Å². The summed E-state index contributed by atoms with van der Waals surface area (Å²) in [6.07, 6.45) is 2.09. The molecular formula is C16H21N4O3+. The molecule has 1 unspecified atom stereocenters. The Morgan fingerprint density at radius 3 is 2.78 bits per heavy atom. The summed E-state index contributed by atoms with van der Waals surface area (Å²) in [7, 11) is 1.81. The molecule has 3 amide bonds. The molecule has 1 saturated carbocycles. The number of rotatable bonds is 5. The van der Waals surface area contributed by atoms with E-state index in [9.17, 15) is 14.4 Å². The topological polar surface area (TPSA) is 83.0 Å². The number of para-hydroxylation sites is 2. The number of hydrogen-bond acceptors (Lipinski definition) is 3. The molecule has 1 aromatic rings. The molecular weight excluding hydrogens is 296 g/mol. The summed E-state index contributed by atoms with van der Waals surface area (Å²) in [4.78, 5) is 38.4. The monoisotopic (exact) mass is 317 g/mol. The zero-order valence-corrected chi connectivity index (χ0v) is 13.1. The first kappa shape index (κ1) is 15.5. The summed E-state index contributed by atoms with van der Waals surface area (Å²) in [6, 6.07) is 7.54. The van der Waals surface area contributed by atoms with Crippen molar-refractivity contribution >= 4 is 29.1 Å². The van der Waals surface area contributed by atoms with E-state index in [4.69, 9.17) is 0 Å². The van der Waals surface area contributed by atoms with Gasteiger partial charge in [0.05, 0.1) is 18.4 Å². The SMILES string of the molecule is C[NH+](CC(=O)NC1CC1)CC(=O)N1CC(=O)Nc2ccccc21. The molecule has 1 aliphatic carbocycles. The van der Waals surface area contributed by atoms with Gasteiger partial charge in [-0.1, -0.05) is 12.1 Å². The van der Waals surface area contributed by atoms with Crippen LogP contribution in [0.1, 0.15) is 12.8 Å². The molecule has 23 heavy (non-hydrogen) atoms. The predicted octanol–water partition coefficient (Wildman–Crippen LogP) is -1.23. The number of anilines is 2. The van der Waals surface area contributed by atoms with E-state index in [1.165, 1.54) is 4.90 Å². The third-order valence-corrected chi connectivity index (χ3v) is 3.93. The first-order valence-electron chi connectivity index (χ1n) is 7.83. The van der Waals surface area contributed by atoms with E-state index in [1.807, 2.05) is 18.2 Å². The number of hydrogen-bond donors (Lipinski definition) is 3. The number of amides is 3. The first-order valence-corrected chi connectivity index (χ1v) is 7.83. The second kappa shape index (κ2) is 6.37. The van der Waals surface area contributed by atoms with E-state index in [-0.39, 0.29) is 37.4 Å². The molecule has 3 N–H and O–H groups in total. The molecule has 1 heterocycles. The molecule has 0 saturated heterocycles. The number of carbonyl (C=O) groups excluding carboxylic acids is 3. The molecule has 0 radical (unpaired) electrons. The lowest BCUT2D eigenvalue weighted by molar-refractivity contribution is -0.862. The summed E-state index contributed by atoms with van der Waals surface area (Å²) in [5, 5.41) is 5.67. The predicted molar refractivity (Wildman–Crippen MR) is 85.2 cm³/mol. The van der Waals surface area contributed by atoms with Gasteiger partial charge in [-0.05, 0) is 25.0 Å². The van der Waals surface area contributed by atoms with Crippen LogP contribution in [-0.4, -0.2) is 50.4 Å². The molecule has 0 aromatic heterocycles. The maximum atomic E-state index is 12.5. The maximum absolute atomic E-state index is 12.5.